The number of amides is 2. The molecule has 2 aromatic rings. The van der Waals surface area contributed by atoms with Gasteiger partial charge in [0.05, 0.1) is 0 Å². The van der Waals surface area contributed by atoms with E-state index in [0.29, 0.717) is 41.5 Å². The molecule has 0 radical (unpaired) electrons. The number of imidazole rings is 1. The van der Waals surface area contributed by atoms with Gasteiger partial charge in [-0.05, 0) is 99.1 Å². The van der Waals surface area contributed by atoms with E-state index in [-0.39, 0.29) is 11.8 Å². The highest BCUT2D eigenvalue weighted by Gasteiger charge is 2.50. The number of rotatable bonds is 5. The Hall–Kier alpha value is -2.41. The summed E-state index contributed by atoms with van der Waals surface area (Å²) in [5.74, 6) is 2.81. The number of hydrogen-bond donors (Lipinski definition) is 2. The summed E-state index contributed by atoms with van der Waals surface area (Å²) in [5, 5.41) is 3.27. The number of piperidine rings is 1. The molecule has 5 fully saturated rings. The molecule has 1 saturated heterocycles. The number of carbonyl (C=O) groups is 2. The zero-order valence-electron chi connectivity index (χ0n) is 19.3. The Balaban J connectivity index is 1.19. The second kappa shape index (κ2) is 8.12. The second-order valence-corrected chi connectivity index (χ2v) is 11.4. The van der Waals surface area contributed by atoms with Crippen molar-refractivity contribution in [3.63, 3.8) is 0 Å². The average molecular weight is 450 g/mol. The molecule has 4 bridgehead atoms. The number of nitrogens with one attached hydrogen (secondary N) is 1. The molecule has 1 atom stereocenters. The van der Waals surface area contributed by atoms with Crippen molar-refractivity contribution in [3.05, 3.63) is 35.8 Å². The zero-order valence-corrected chi connectivity index (χ0v) is 19.3. The van der Waals surface area contributed by atoms with Gasteiger partial charge >= 0.3 is 0 Å². The topological polar surface area (TPSA) is 92.7 Å². The smallest absolute Gasteiger partial charge is 0.274 e. The van der Waals surface area contributed by atoms with Crippen molar-refractivity contribution in [2.45, 2.75) is 51.4 Å². The van der Waals surface area contributed by atoms with Gasteiger partial charge in [0.25, 0.3) is 11.8 Å². The van der Waals surface area contributed by atoms with E-state index in [2.05, 4.69) is 10.3 Å². The quantitative estimate of drug-likeness (QED) is 0.734. The van der Waals surface area contributed by atoms with Crippen molar-refractivity contribution >= 4 is 17.5 Å². The van der Waals surface area contributed by atoms with Crippen LogP contribution in [-0.4, -0.2) is 52.3 Å². The molecule has 5 aliphatic rings. The van der Waals surface area contributed by atoms with Gasteiger partial charge in [-0.25, -0.2) is 4.98 Å². The first-order valence-electron chi connectivity index (χ1n) is 12.8. The minimum atomic E-state index is -0.0751. The SMILES string of the molecule is NCC1CCCN(C(=O)c2cn3c(C(=O)NCC45CC6CC(CC(C6)C4)C5)cccc3n2)C1. The van der Waals surface area contributed by atoms with E-state index in [9.17, 15) is 9.59 Å². The predicted octanol–water partition coefficient (Wildman–Crippen LogP) is 3.09. The van der Waals surface area contributed by atoms with Crippen LogP contribution in [-0.2, 0) is 0 Å². The molecule has 4 saturated carbocycles. The zero-order chi connectivity index (χ0) is 22.6. The molecular formula is C26H35N5O2. The minimum absolute atomic E-state index is 0.0724. The van der Waals surface area contributed by atoms with Gasteiger partial charge in [-0.15, -0.1) is 0 Å². The van der Waals surface area contributed by atoms with Crippen LogP contribution in [0.1, 0.15) is 72.3 Å². The lowest BCUT2D eigenvalue weighted by molar-refractivity contribution is -0.0503. The number of likely N-dealkylation sites (tertiary alicyclic amines) is 1. The summed E-state index contributed by atoms with van der Waals surface area (Å²) in [7, 11) is 0. The Morgan fingerprint density at radius 3 is 2.55 bits per heavy atom. The molecular weight excluding hydrogens is 414 g/mol. The summed E-state index contributed by atoms with van der Waals surface area (Å²) in [5.41, 5.74) is 7.71. The maximum atomic E-state index is 13.2. The molecule has 2 aromatic heterocycles. The van der Waals surface area contributed by atoms with Gasteiger partial charge in [0.1, 0.15) is 17.0 Å². The fraction of sp³-hybridized carbons (Fsp3) is 0.654. The van der Waals surface area contributed by atoms with Crippen LogP contribution in [0.5, 0.6) is 0 Å². The lowest BCUT2D eigenvalue weighted by atomic mass is 9.49. The molecule has 176 valence electrons. The molecule has 33 heavy (non-hydrogen) atoms. The minimum Gasteiger partial charge on any atom is -0.350 e. The molecule has 3 N–H and O–H groups in total. The summed E-state index contributed by atoms with van der Waals surface area (Å²) in [6, 6.07) is 5.52. The van der Waals surface area contributed by atoms with Crippen LogP contribution < -0.4 is 11.1 Å². The molecule has 7 nitrogen and oxygen atoms in total. The van der Waals surface area contributed by atoms with Crippen LogP contribution in [0.15, 0.2) is 24.4 Å². The number of nitrogens with zero attached hydrogens (tertiary/aromatic N) is 3. The van der Waals surface area contributed by atoms with Crippen molar-refractivity contribution < 1.29 is 9.59 Å². The Bertz CT molecular complexity index is 1040. The number of aromatic nitrogens is 2. The Kier molecular flexibility index (Phi) is 5.20. The van der Waals surface area contributed by atoms with Crippen LogP contribution in [0, 0.1) is 29.1 Å². The molecule has 4 aliphatic carbocycles. The molecule has 1 aliphatic heterocycles. The molecule has 7 heteroatoms. The first kappa shape index (κ1) is 21.1. The highest BCUT2D eigenvalue weighted by molar-refractivity contribution is 5.95. The lowest BCUT2D eigenvalue weighted by Gasteiger charge is -2.56. The molecule has 7 rings (SSSR count). The first-order chi connectivity index (χ1) is 16.0. The lowest BCUT2D eigenvalue weighted by Crippen LogP contribution is -2.51. The Morgan fingerprint density at radius 1 is 1.12 bits per heavy atom. The highest BCUT2D eigenvalue weighted by atomic mass is 16.2. The number of hydrogen-bond acceptors (Lipinski definition) is 4. The van der Waals surface area contributed by atoms with Gasteiger partial charge in [0.15, 0.2) is 0 Å². The summed E-state index contributed by atoms with van der Waals surface area (Å²) in [6.07, 6.45) is 11.8. The molecule has 0 spiro atoms. The van der Waals surface area contributed by atoms with E-state index in [1.807, 2.05) is 23.1 Å². The third kappa shape index (κ3) is 3.84. The van der Waals surface area contributed by atoms with E-state index in [0.717, 1.165) is 43.7 Å². The van der Waals surface area contributed by atoms with Crippen molar-refractivity contribution in [2.24, 2.45) is 34.8 Å². The summed E-state index contributed by atoms with van der Waals surface area (Å²) < 4.78 is 1.77. The van der Waals surface area contributed by atoms with Crippen LogP contribution in [0.3, 0.4) is 0 Å². The third-order valence-corrected chi connectivity index (χ3v) is 8.87. The van der Waals surface area contributed by atoms with Gasteiger partial charge in [-0.1, -0.05) is 6.07 Å². The maximum absolute atomic E-state index is 13.2. The number of carbonyl (C=O) groups excluding carboxylic acids is 2. The van der Waals surface area contributed by atoms with Crippen LogP contribution in [0.4, 0.5) is 0 Å². The van der Waals surface area contributed by atoms with Crippen molar-refractivity contribution in [3.8, 4) is 0 Å². The Labute approximate surface area is 195 Å². The Morgan fingerprint density at radius 2 is 1.85 bits per heavy atom. The molecule has 2 amide bonds. The fourth-order valence-electron chi connectivity index (χ4n) is 7.77. The second-order valence-electron chi connectivity index (χ2n) is 11.4. The van der Waals surface area contributed by atoms with E-state index in [4.69, 9.17) is 5.73 Å². The molecule has 3 heterocycles. The third-order valence-electron chi connectivity index (χ3n) is 8.87. The first-order valence-corrected chi connectivity index (χ1v) is 12.8. The standard InChI is InChI=1S/C26H35N5O2/c27-13-17-3-2-6-30(14-17)25(33)21-15-31-22(4-1-5-23(31)29-21)24(32)28-16-26-10-18-7-19(11-26)9-20(8-18)12-26/h1,4-5,15,17-20H,2-3,6-14,16,27H2,(H,28,32). The van der Waals surface area contributed by atoms with Gasteiger partial charge in [-0.2, -0.15) is 0 Å². The summed E-state index contributed by atoms with van der Waals surface area (Å²) >= 11 is 0. The number of pyridine rings is 1. The fourth-order valence-corrected chi connectivity index (χ4v) is 7.77. The summed E-state index contributed by atoms with van der Waals surface area (Å²) in [6.45, 7) is 2.78. The van der Waals surface area contributed by atoms with Gasteiger partial charge < -0.3 is 16.0 Å². The normalized spacial score (nSPS) is 32.9. The largest absolute Gasteiger partial charge is 0.350 e. The highest BCUT2D eigenvalue weighted by Crippen LogP contribution is 2.59. The van der Waals surface area contributed by atoms with Crippen LogP contribution in [0.25, 0.3) is 5.65 Å². The number of fused-ring (bicyclic) bond motifs is 1. The monoisotopic (exact) mass is 449 g/mol. The molecule has 0 aromatic carbocycles. The molecule has 1 unspecified atom stereocenters. The van der Waals surface area contributed by atoms with Crippen molar-refractivity contribution in [1.29, 1.82) is 0 Å². The van der Waals surface area contributed by atoms with E-state index < -0.39 is 0 Å². The maximum Gasteiger partial charge on any atom is 0.274 e. The van der Waals surface area contributed by atoms with E-state index in [1.165, 1.54) is 38.5 Å². The number of nitrogens with two attached hydrogens (primary N) is 1. The van der Waals surface area contributed by atoms with Crippen LogP contribution in [0.2, 0.25) is 0 Å². The van der Waals surface area contributed by atoms with Crippen molar-refractivity contribution in [1.82, 2.24) is 19.6 Å². The summed E-state index contributed by atoms with van der Waals surface area (Å²) in [4.78, 5) is 32.8. The van der Waals surface area contributed by atoms with Gasteiger partial charge in [0, 0.05) is 25.8 Å². The van der Waals surface area contributed by atoms with Gasteiger partial charge in [-0.3, -0.25) is 14.0 Å². The van der Waals surface area contributed by atoms with Crippen molar-refractivity contribution in [2.75, 3.05) is 26.2 Å². The van der Waals surface area contributed by atoms with E-state index >= 15 is 0 Å². The van der Waals surface area contributed by atoms with Crippen LogP contribution >= 0.6 is 0 Å². The van der Waals surface area contributed by atoms with Gasteiger partial charge in [0.2, 0.25) is 0 Å². The van der Waals surface area contributed by atoms with E-state index in [1.54, 1.807) is 10.6 Å². The average Bonchev–Trinajstić information content (AvgIpc) is 3.26. The predicted molar refractivity (Wildman–Crippen MR) is 126 cm³/mol.